The van der Waals surface area contributed by atoms with E-state index in [9.17, 15) is 14.4 Å². The number of aromatic nitrogens is 4. The molecule has 0 amide bonds. The minimum atomic E-state index is -0.510. The smallest absolute Gasteiger partial charge is 0.337 e. The highest BCUT2D eigenvalue weighted by Gasteiger charge is 2.20. The standard InChI is InChI=1S/C18H20N4O5/c1-4-21-17(24)15-16(19-11-20(15)10-14(23)27-5-2)22(18(21)25)12-7-6-8-13(9-12)26-3/h6-9,11H,4-5,10H2,1-3H3. The monoisotopic (exact) mass is 372 g/mol. The van der Waals surface area contributed by atoms with Crippen molar-refractivity contribution >= 4 is 17.1 Å². The van der Waals surface area contributed by atoms with Gasteiger partial charge in [-0.15, -0.1) is 0 Å². The second kappa shape index (κ2) is 7.48. The van der Waals surface area contributed by atoms with Gasteiger partial charge >= 0.3 is 11.7 Å². The highest BCUT2D eigenvalue weighted by molar-refractivity contribution is 5.76. The van der Waals surface area contributed by atoms with Gasteiger partial charge in [-0.25, -0.2) is 14.3 Å². The quantitative estimate of drug-likeness (QED) is 0.598. The Morgan fingerprint density at radius 3 is 2.67 bits per heavy atom. The van der Waals surface area contributed by atoms with E-state index in [1.165, 1.54) is 22.6 Å². The van der Waals surface area contributed by atoms with Gasteiger partial charge in [-0.05, 0) is 26.0 Å². The summed E-state index contributed by atoms with van der Waals surface area (Å²) in [5, 5.41) is 0. The average Bonchev–Trinajstić information content (AvgIpc) is 3.06. The number of esters is 1. The lowest BCUT2D eigenvalue weighted by atomic mass is 10.3. The zero-order valence-electron chi connectivity index (χ0n) is 15.3. The average molecular weight is 372 g/mol. The van der Waals surface area contributed by atoms with Crippen molar-refractivity contribution in [3.8, 4) is 11.4 Å². The summed E-state index contributed by atoms with van der Waals surface area (Å²) < 4.78 is 14.0. The Bertz CT molecular complexity index is 1110. The molecule has 0 aliphatic rings. The highest BCUT2D eigenvalue weighted by Crippen LogP contribution is 2.18. The van der Waals surface area contributed by atoms with Crippen LogP contribution in [0, 0.1) is 0 Å². The second-order valence-electron chi connectivity index (χ2n) is 5.72. The predicted octanol–water partition coefficient (Wildman–Crippen LogP) is 0.940. The van der Waals surface area contributed by atoms with Crippen molar-refractivity contribution in [3.05, 3.63) is 51.4 Å². The molecular formula is C18H20N4O5. The molecule has 0 aliphatic carbocycles. The number of ether oxygens (including phenoxy) is 2. The van der Waals surface area contributed by atoms with Crippen LogP contribution in [0.25, 0.3) is 16.9 Å². The van der Waals surface area contributed by atoms with E-state index in [2.05, 4.69) is 4.98 Å². The summed E-state index contributed by atoms with van der Waals surface area (Å²) >= 11 is 0. The van der Waals surface area contributed by atoms with Gasteiger partial charge in [0.15, 0.2) is 11.2 Å². The van der Waals surface area contributed by atoms with Crippen LogP contribution in [0.15, 0.2) is 40.2 Å². The van der Waals surface area contributed by atoms with Crippen molar-refractivity contribution in [1.82, 2.24) is 18.7 Å². The lowest BCUT2D eigenvalue weighted by Crippen LogP contribution is -2.39. The van der Waals surface area contributed by atoms with Crippen LogP contribution >= 0.6 is 0 Å². The van der Waals surface area contributed by atoms with Crippen LogP contribution in [0.5, 0.6) is 5.75 Å². The van der Waals surface area contributed by atoms with Gasteiger partial charge in [0, 0.05) is 12.6 Å². The van der Waals surface area contributed by atoms with Crippen molar-refractivity contribution in [3.63, 3.8) is 0 Å². The third kappa shape index (κ3) is 3.23. The lowest BCUT2D eigenvalue weighted by Gasteiger charge is -2.12. The molecule has 0 N–H and O–H groups in total. The maximum atomic E-state index is 12.9. The molecule has 2 heterocycles. The molecular weight excluding hydrogens is 352 g/mol. The Balaban J connectivity index is 2.31. The summed E-state index contributed by atoms with van der Waals surface area (Å²) in [5.74, 6) is 0.0751. The van der Waals surface area contributed by atoms with Crippen molar-refractivity contribution in [2.45, 2.75) is 26.9 Å². The van der Waals surface area contributed by atoms with E-state index in [-0.39, 0.29) is 30.9 Å². The zero-order valence-corrected chi connectivity index (χ0v) is 15.3. The number of methoxy groups -OCH3 is 1. The topological polar surface area (TPSA) is 97.4 Å². The van der Waals surface area contributed by atoms with E-state index in [0.29, 0.717) is 11.4 Å². The fourth-order valence-electron chi connectivity index (χ4n) is 2.91. The molecule has 0 fully saturated rings. The molecule has 142 valence electrons. The van der Waals surface area contributed by atoms with E-state index < -0.39 is 17.2 Å². The lowest BCUT2D eigenvalue weighted by molar-refractivity contribution is -0.143. The van der Waals surface area contributed by atoms with Crippen molar-refractivity contribution in [2.24, 2.45) is 0 Å². The number of nitrogens with zero attached hydrogens (tertiary/aromatic N) is 4. The maximum absolute atomic E-state index is 12.9. The molecule has 0 saturated heterocycles. The second-order valence-corrected chi connectivity index (χ2v) is 5.72. The fourth-order valence-corrected chi connectivity index (χ4v) is 2.91. The van der Waals surface area contributed by atoms with E-state index in [1.54, 1.807) is 38.1 Å². The molecule has 3 aromatic rings. The van der Waals surface area contributed by atoms with Crippen molar-refractivity contribution < 1.29 is 14.3 Å². The first kappa shape index (κ1) is 18.4. The summed E-state index contributed by atoms with van der Waals surface area (Å²) in [6.07, 6.45) is 1.36. The summed E-state index contributed by atoms with van der Waals surface area (Å²) in [6, 6.07) is 6.89. The van der Waals surface area contributed by atoms with Gasteiger partial charge in [-0.1, -0.05) is 6.07 Å². The van der Waals surface area contributed by atoms with Gasteiger partial charge in [0.1, 0.15) is 12.3 Å². The van der Waals surface area contributed by atoms with E-state index >= 15 is 0 Å². The van der Waals surface area contributed by atoms with Crippen LogP contribution in [0.4, 0.5) is 0 Å². The molecule has 0 spiro atoms. The third-order valence-electron chi connectivity index (χ3n) is 4.13. The number of fused-ring (bicyclic) bond motifs is 1. The molecule has 0 unspecified atom stereocenters. The van der Waals surface area contributed by atoms with E-state index in [1.807, 2.05) is 0 Å². The first-order chi connectivity index (χ1) is 13.0. The van der Waals surface area contributed by atoms with Crippen LogP contribution in [0.2, 0.25) is 0 Å². The minimum Gasteiger partial charge on any atom is -0.497 e. The van der Waals surface area contributed by atoms with Crippen molar-refractivity contribution in [2.75, 3.05) is 13.7 Å². The van der Waals surface area contributed by atoms with Gasteiger partial charge in [0.05, 0.1) is 25.7 Å². The highest BCUT2D eigenvalue weighted by atomic mass is 16.5. The number of hydrogen-bond acceptors (Lipinski definition) is 6. The molecule has 9 nitrogen and oxygen atoms in total. The molecule has 0 radical (unpaired) electrons. The summed E-state index contributed by atoms with van der Waals surface area (Å²) in [6.45, 7) is 3.66. The summed E-state index contributed by atoms with van der Waals surface area (Å²) in [4.78, 5) is 41.8. The summed E-state index contributed by atoms with van der Waals surface area (Å²) in [7, 11) is 1.53. The zero-order chi connectivity index (χ0) is 19.6. The van der Waals surface area contributed by atoms with Crippen LogP contribution in [0.1, 0.15) is 13.8 Å². The Morgan fingerprint density at radius 1 is 1.22 bits per heavy atom. The molecule has 0 bridgehead atoms. The van der Waals surface area contributed by atoms with Gasteiger partial charge in [0.2, 0.25) is 0 Å². The van der Waals surface area contributed by atoms with Crippen LogP contribution in [0.3, 0.4) is 0 Å². The van der Waals surface area contributed by atoms with E-state index in [4.69, 9.17) is 9.47 Å². The number of carbonyl (C=O) groups is 1. The molecule has 1 aromatic carbocycles. The molecule has 2 aromatic heterocycles. The van der Waals surface area contributed by atoms with Crippen LogP contribution in [-0.4, -0.2) is 38.4 Å². The van der Waals surface area contributed by atoms with Crippen molar-refractivity contribution in [1.29, 1.82) is 0 Å². The number of imidazole rings is 1. The van der Waals surface area contributed by atoms with Gasteiger partial charge in [-0.3, -0.25) is 14.2 Å². The molecule has 9 heteroatoms. The SMILES string of the molecule is CCOC(=O)Cn1cnc2c1c(=O)n(CC)c(=O)n2-c1cccc(OC)c1. The Labute approximate surface area is 154 Å². The fraction of sp³-hybridized carbons (Fsp3) is 0.333. The minimum absolute atomic E-state index is 0.160. The first-order valence-corrected chi connectivity index (χ1v) is 8.52. The van der Waals surface area contributed by atoms with Gasteiger partial charge < -0.3 is 14.0 Å². The number of benzene rings is 1. The van der Waals surface area contributed by atoms with Crippen LogP contribution < -0.4 is 16.0 Å². The summed E-state index contributed by atoms with van der Waals surface area (Å²) in [5.41, 5.74) is -0.171. The predicted molar refractivity (Wildman–Crippen MR) is 98.4 cm³/mol. The Hall–Kier alpha value is -3.36. The number of rotatable bonds is 6. The third-order valence-corrected chi connectivity index (χ3v) is 4.13. The van der Waals surface area contributed by atoms with E-state index in [0.717, 1.165) is 4.57 Å². The molecule has 0 aliphatic heterocycles. The Morgan fingerprint density at radius 2 is 2.00 bits per heavy atom. The molecule has 0 saturated carbocycles. The Kier molecular flexibility index (Phi) is 5.11. The molecule has 0 atom stereocenters. The molecule has 3 rings (SSSR count). The maximum Gasteiger partial charge on any atom is 0.337 e. The molecule has 27 heavy (non-hydrogen) atoms. The largest absolute Gasteiger partial charge is 0.497 e. The number of carbonyl (C=O) groups excluding carboxylic acids is 1. The van der Waals surface area contributed by atoms with Gasteiger partial charge in [0.25, 0.3) is 5.56 Å². The number of hydrogen-bond donors (Lipinski definition) is 0. The van der Waals surface area contributed by atoms with Gasteiger partial charge in [-0.2, -0.15) is 0 Å². The van der Waals surface area contributed by atoms with Crippen LogP contribution in [-0.2, 0) is 22.6 Å². The normalized spacial score (nSPS) is 10.9. The first-order valence-electron chi connectivity index (χ1n) is 8.52.